The molecule has 6 N–H and O–H groups in total. The Bertz CT molecular complexity index is 1160. The first-order chi connectivity index (χ1) is 18.3. The molecule has 9 heteroatoms. The maximum Gasteiger partial charge on any atom is 0.238 e. The van der Waals surface area contributed by atoms with E-state index in [1.54, 1.807) is 12.1 Å². The molecule has 0 unspecified atom stereocenters. The fourth-order valence-electron chi connectivity index (χ4n) is 9.65. The zero-order valence-electron chi connectivity index (χ0n) is 23.6. The van der Waals surface area contributed by atoms with Crippen molar-refractivity contribution in [3.63, 3.8) is 0 Å². The smallest absolute Gasteiger partial charge is 0.238 e. The minimum atomic E-state index is -3.75. The van der Waals surface area contributed by atoms with Crippen molar-refractivity contribution in [1.82, 2.24) is 5.43 Å². The van der Waals surface area contributed by atoms with Crippen molar-refractivity contribution in [3.8, 4) is 0 Å². The monoisotopic (exact) mass is 561 g/mol. The lowest BCUT2D eigenvalue weighted by molar-refractivity contribution is -0.174. The van der Waals surface area contributed by atoms with Gasteiger partial charge in [0, 0.05) is 6.42 Å². The predicted molar refractivity (Wildman–Crippen MR) is 151 cm³/mol. The van der Waals surface area contributed by atoms with Gasteiger partial charge in [0.15, 0.2) is 0 Å². The third-order valence-corrected chi connectivity index (χ3v) is 12.8. The number of aliphatic hydroxyl groups excluding tert-OH is 2. The topological polar surface area (TPSA) is 142 Å². The van der Waals surface area contributed by atoms with Crippen LogP contribution in [0.5, 0.6) is 0 Å². The van der Waals surface area contributed by atoms with Crippen molar-refractivity contribution in [2.75, 3.05) is 5.43 Å². The molecule has 0 heterocycles. The van der Waals surface area contributed by atoms with Crippen LogP contribution >= 0.6 is 0 Å². The third-order valence-electron chi connectivity index (χ3n) is 11.9. The quantitative estimate of drug-likeness (QED) is 0.316. The van der Waals surface area contributed by atoms with Crippen molar-refractivity contribution in [3.05, 3.63) is 24.3 Å². The Hall–Kier alpha value is -1.68. The fourth-order valence-corrected chi connectivity index (χ4v) is 10.2. The number of hydrogen-bond donors (Lipinski definition) is 5. The summed E-state index contributed by atoms with van der Waals surface area (Å²) in [6, 6.07) is 5.91. The van der Waals surface area contributed by atoms with E-state index in [9.17, 15) is 23.4 Å². The van der Waals surface area contributed by atoms with E-state index >= 15 is 0 Å². The van der Waals surface area contributed by atoms with Crippen LogP contribution in [0.1, 0.15) is 85.0 Å². The number of benzene rings is 1. The van der Waals surface area contributed by atoms with Gasteiger partial charge in [0.2, 0.25) is 15.9 Å². The van der Waals surface area contributed by atoms with E-state index in [4.69, 9.17) is 5.14 Å². The number of carbonyl (C=O) groups is 1. The van der Waals surface area contributed by atoms with E-state index in [0.717, 1.165) is 44.9 Å². The first kappa shape index (κ1) is 28.8. The van der Waals surface area contributed by atoms with E-state index in [1.807, 2.05) is 0 Å². The largest absolute Gasteiger partial charge is 0.393 e. The highest BCUT2D eigenvalue weighted by Gasteiger charge is 2.63. The Labute approximate surface area is 233 Å². The molecular weight excluding hydrogens is 514 g/mol. The van der Waals surface area contributed by atoms with Crippen molar-refractivity contribution < 1.29 is 23.4 Å². The van der Waals surface area contributed by atoms with Crippen molar-refractivity contribution in [1.29, 1.82) is 0 Å². The highest BCUT2D eigenvalue weighted by atomic mass is 32.2. The Kier molecular flexibility index (Phi) is 7.85. The van der Waals surface area contributed by atoms with Crippen LogP contribution in [0.25, 0.3) is 0 Å². The first-order valence-electron chi connectivity index (χ1n) is 14.9. The summed E-state index contributed by atoms with van der Waals surface area (Å²) >= 11 is 0. The van der Waals surface area contributed by atoms with E-state index in [1.165, 1.54) is 25.0 Å². The van der Waals surface area contributed by atoms with E-state index < -0.39 is 10.0 Å². The number of hydrogen-bond acceptors (Lipinski definition) is 6. The van der Waals surface area contributed by atoms with Gasteiger partial charge in [-0.25, -0.2) is 13.6 Å². The Morgan fingerprint density at radius 2 is 1.77 bits per heavy atom. The van der Waals surface area contributed by atoms with E-state index in [2.05, 4.69) is 31.6 Å². The zero-order valence-corrected chi connectivity index (χ0v) is 24.4. The standard InChI is InChI=1S/C30H47N3O5S/c1-18(4-13-28(36)33-32-20-6-8-22(9-7-20)39(31,37)38)24-11-12-25-23-10-5-19-16-21(34)14-15-29(19,2)26(23)17-27(35)30(24,25)3/h6-9,18-19,21,23-27,32,34-35H,4-5,10-17H2,1-3H3,(H,33,36)(H2,31,37,38)/t18-,19-,21-,23+,24-,25+,26+,27+,29+,30-/m1/s1. The molecular formula is C30H47N3O5S. The highest BCUT2D eigenvalue weighted by molar-refractivity contribution is 7.89. The maximum absolute atomic E-state index is 12.6. The summed E-state index contributed by atoms with van der Waals surface area (Å²) in [7, 11) is -3.75. The average Bonchev–Trinajstić information content (AvgIpc) is 3.25. The van der Waals surface area contributed by atoms with Gasteiger partial charge >= 0.3 is 0 Å². The Morgan fingerprint density at radius 3 is 2.46 bits per heavy atom. The van der Waals surface area contributed by atoms with Crippen LogP contribution in [0.4, 0.5) is 5.69 Å². The molecule has 39 heavy (non-hydrogen) atoms. The fraction of sp³-hybridized carbons (Fsp3) is 0.767. The van der Waals surface area contributed by atoms with Gasteiger partial charge in [-0.3, -0.25) is 15.6 Å². The molecule has 0 spiro atoms. The van der Waals surface area contributed by atoms with E-state index in [-0.39, 0.29) is 33.8 Å². The van der Waals surface area contributed by atoms with Gasteiger partial charge in [-0.2, -0.15) is 0 Å². The Balaban J connectivity index is 1.18. The van der Waals surface area contributed by atoms with Crippen LogP contribution < -0.4 is 16.0 Å². The number of sulfonamides is 1. The molecule has 4 saturated carbocycles. The number of hydrazine groups is 1. The lowest BCUT2D eigenvalue weighted by atomic mass is 9.43. The summed E-state index contributed by atoms with van der Waals surface area (Å²) in [6.07, 6.45) is 9.12. The minimum Gasteiger partial charge on any atom is -0.393 e. The summed E-state index contributed by atoms with van der Waals surface area (Å²) in [5.74, 6) is 2.90. The first-order valence-corrected chi connectivity index (χ1v) is 16.4. The molecule has 1 aromatic rings. The second-order valence-corrected chi connectivity index (χ2v) is 15.2. The number of aliphatic hydroxyl groups is 2. The molecule has 1 aromatic carbocycles. The lowest BCUT2D eigenvalue weighted by Gasteiger charge is -2.62. The van der Waals surface area contributed by atoms with Crippen molar-refractivity contribution in [2.45, 2.75) is 102 Å². The highest BCUT2D eigenvalue weighted by Crippen LogP contribution is 2.68. The second kappa shape index (κ2) is 10.6. The Morgan fingerprint density at radius 1 is 1.05 bits per heavy atom. The molecule has 10 atom stereocenters. The van der Waals surface area contributed by atoms with Crippen LogP contribution in [-0.4, -0.2) is 36.7 Å². The second-order valence-electron chi connectivity index (χ2n) is 13.6. The van der Waals surface area contributed by atoms with Crippen LogP contribution in [0.2, 0.25) is 0 Å². The van der Waals surface area contributed by atoms with Crippen LogP contribution in [0, 0.1) is 46.3 Å². The molecule has 4 fully saturated rings. The zero-order chi connectivity index (χ0) is 28.2. The third kappa shape index (κ3) is 5.24. The number of anilines is 1. The summed E-state index contributed by atoms with van der Waals surface area (Å²) in [5, 5.41) is 27.2. The summed E-state index contributed by atoms with van der Waals surface area (Å²) in [6.45, 7) is 7.02. The van der Waals surface area contributed by atoms with Gasteiger partial charge in [0.1, 0.15) is 0 Å². The van der Waals surface area contributed by atoms with Gasteiger partial charge in [-0.15, -0.1) is 0 Å². The molecule has 1 amide bonds. The number of nitrogens with one attached hydrogen (secondary N) is 2. The summed E-state index contributed by atoms with van der Waals surface area (Å²) in [4.78, 5) is 12.6. The van der Waals surface area contributed by atoms with Crippen molar-refractivity contribution >= 4 is 21.6 Å². The number of nitrogens with two attached hydrogens (primary N) is 1. The molecule has 218 valence electrons. The summed E-state index contributed by atoms with van der Waals surface area (Å²) in [5.41, 5.74) is 6.25. The number of amides is 1. The number of fused-ring (bicyclic) bond motifs is 5. The number of rotatable bonds is 7. The molecule has 0 aromatic heterocycles. The SMILES string of the molecule is C[C@H](CCC(=O)NNc1ccc(S(N)(=O)=O)cc1)[C@H]1CC[C@H]2[C@@H]3CC[C@@H]4C[C@H](O)CC[C@]4(C)[C@H]3C[C@H](O)[C@]12C. The molecule has 0 radical (unpaired) electrons. The normalized spacial score (nSPS) is 40.6. The van der Waals surface area contributed by atoms with Gasteiger partial charge in [-0.05, 0) is 128 Å². The van der Waals surface area contributed by atoms with Crippen LogP contribution in [0.3, 0.4) is 0 Å². The average molecular weight is 562 g/mol. The molecule has 8 nitrogen and oxygen atoms in total. The summed E-state index contributed by atoms with van der Waals surface area (Å²) < 4.78 is 22.8. The van der Waals surface area contributed by atoms with Crippen LogP contribution in [-0.2, 0) is 14.8 Å². The predicted octanol–water partition coefficient (Wildman–Crippen LogP) is 4.18. The molecule has 4 aliphatic rings. The molecule has 5 rings (SSSR count). The van der Waals surface area contributed by atoms with Gasteiger partial charge in [-0.1, -0.05) is 20.8 Å². The molecule has 0 saturated heterocycles. The van der Waals surface area contributed by atoms with Crippen LogP contribution in [0.15, 0.2) is 29.2 Å². The lowest BCUT2D eigenvalue weighted by Crippen LogP contribution is -2.58. The minimum absolute atomic E-state index is 0.0208. The van der Waals surface area contributed by atoms with E-state index in [0.29, 0.717) is 47.6 Å². The maximum atomic E-state index is 12.6. The molecule has 0 aliphatic heterocycles. The van der Waals surface area contributed by atoms with Gasteiger partial charge in [0.25, 0.3) is 0 Å². The molecule has 4 aliphatic carbocycles. The number of primary sulfonamides is 1. The van der Waals surface area contributed by atoms with Crippen molar-refractivity contribution in [2.24, 2.45) is 51.5 Å². The van der Waals surface area contributed by atoms with Gasteiger partial charge < -0.3 is 10.2 Å². The van der Waals surface area contributed by atoms with Gasteiger partial charge in [0.05, 0.1) is 22.8 Å². The number of carbonyl (C=O) groups excluding carboxylic acids is 1. The molecule has 0 bridgehead atoms.